The molecule has 2 aromatic carbocycles. The lowest BCUT2D eigenvalue weighted by Gasteiger charge is -2.29. The number of benzene rings is 2. The van der Waals surface area contributed by atoms with Gasteiger partial charge in [-0.3, -0.25) is 52.7 Å². The maximum absolute atomic E-state index is 13.7. The van der Waals surface area contributed by atoms with Crippen LogP contribution in [0.15, 0.2) is 48.5 Å². The van der Waals surface area contributed by atoms with E-state index in [1.165, 1.54) is 38.6 Å². The van der Waals surface area contributed by atoms with Crippen LogP contribution in [-0.4, -0.2) is 148 Å². The molecule has 0 spiro atoms. The number of nitrogens with two attached hydrogens (primary N) is 4. The molecular weight excluding hydrogens is 1020 g/mol. The topological polar surface area (TPSA) is 420 Å². The molecule has 11 amide bonds. The smallest absolute Gasteiger partial charge is 0.243 e. The van der Waals surface area contributed by atoms with E-state index in [2.05, 4.69) is 37.2 Å². The van der Waals surface area contributed by atoms with Crippen LogP contribution in [0, 0.1) is 11.8 Å². The number of aliphatic hydroxyl groups excluding tert-OH is 1. The maximum Gasteiger partial charge on any atom is 0.243 e. The minimum atomic E-state index is -1.38. The van der Waals surface area contributed by atoms with Gasteiger partial charge in [0, 0.05) is 37.4 Å². The number of nitrogens with zero attached hydrogens (tertiary/aromatic N) is 1. The Hall–Kier alpha value is -6.97. The summed E-state index contributed by atoms with van der Waals surface area (Å²) in [5.41, 5.74) is 23.8. The summed E-state index contributed by atoms with van der Waals surface area (Å²) in [6.07, 6.45) is 0.267. The Kier molecular flexibility index (Phi) is 28.9. The molecule has 25 nitrogen and oxygen atoms in total. The predicted octanol–water partition coefficient (Wildman–Crippen LogP) is -2.83. The molecule has 27 heteroatoms. The number of aromatic hydroxyl groups is 1. The van der Waals surface area contributed by atoms with Crippen LogP contribution in [0.1, 0.15) is 76.5 Å². The van der Waals surface area contributed by atoms with Crippen LogP contribution in [0.2, 0.25) is 0 Å². The molecular formula is C48H72N12O13S2. The Bertz CT molecular complexity index is 2280. The van der Waals surface area contributed by atoms with E-state index < -0.39 is 108 Å². The third kappa shape index (κ3) is 25.2. The number of hydrogen-bond acceptors (Lipinski definition) is 16. The van der Waals surface area contributed by atoms with Crippen molar-refractivity contribution in [3.8, 4) is 5.75 Å². The SMILES string of the molecule is CC(C)CC(NC(=O)CN(C=O)Cc1cccc(CO)c1)C(=O)NCC(N)=O.CCC(C)C1NC(=O)C(Cc2ccc(O)cc2)NC(=O)C(N)CSSCCNC(=O)C(CC(N)=O)NC(=O)C(CCC(N)=O)NC1=O. The van der Waals surface area contributed by atoms with Gasteiger partial charge in [0.2, 0.25) is 65.5 Å². The highest BCUT2D eigenvalue weighted by molar-refractivity contribution is 8.76. The first-order valence-electron chi connectivity index (χ1n) is 24.0. The van der Waals surface area contributed by atoms with Crippen LogP contribution < -0.4 is 60.2 Å². The first kappa shape index (κ1) is 64.1. The fraction of sp³-hybridized carbons (Fsp3) is 0.521. The normalized spacial score (nSPS) is 19.9. The molecule has 1 aliphatic rings. The molecule has 0 radical (unpaired) electrons. The van der Waals surface area contributed by atoms with Crippen LogP contribution in [0.3, 0.4) is 0 Å². The standard InChI is InChI=1S/C29H44N8O8S2.C19H28N4O5/c1-3-15(2)24-29(45)34-19(8-9-22(31)39)27(43)36-21(13-23(32)40)26(42)33-10-11-46-47-14-18(30)25(41)35-20(28(44)37-24)12-16-4-6-17(38)7-5-16;1-13(2)6-16(19(28)21-8-17(20)26)22-18(27)10-23(12-25)9-14-4-3-5-15(7-14)11-24/h4-7,15,18-21,24,38H,3,8-14,30H2,1-2H3,(H2,31,39)(H2,32,40)(H,33,42)(H,34,45)(H,35,41)(H,36,43)(H,37,44);3-5,7,12-13,16,24H,6,8-11H2,1-2H3,(H2,20,26)(H,21,28)(H,22,27). The monoisotopic (exact) mass is 1090 g/mol. The Morgan fingerprint density at radius 2 is 1.44 bits per heavy atom. The van der Waals surface area contributed by atoms with Gasteiger partial charge in [-0.15, -0.1) is 0 Å². The van der Waals surface area contributed by atoms with Gasteiger partial charge in [-0.05, 0) is 53.5 Å². The van der Waals surface area contributed by atoms with E-state index in [0.29, 0.717) is 36.1 Å². The van der Waals surface area contributed by atoms with E-state index in [1.807, 2.05) is 13.8 Å². The summed E-state index contributed by atoms with van der Waals surface area (Å²) in [5.74, 6) is -6.74. The highest BCUT2D eigenvalue weighted by Gasteiger charge is 2.35. The number of carbonyl (C=O) groups excluding carboxylic acids is 11. The summed E-state index contributed by atoms with van der Waals surface area (Å²) in [7, 11) is 2.58. The van der Waals surface area contributed by atoms with Crippen molar-refractivity contribution in [1.29, 1.82) is 0 Å². The second-order valence-electron chi connectivity index (χ2n) is 18.0. The number of rotatable bonds is 21. The maximum atomic E-state index is 13.7. The van der Waals surface area contributed by atoms with Crippen molar-refractivity contribution in [3.05, 3.63) is 65.2 Å². The van der Waals surface area contributed by atoms with Gasteiger partial charge in [-0.1, -0.05) is 92.1 Å². The van der Waals surface area contributed by atoms with E-state index >= 15 is 0 Å². The molecule has 3 rings (SSSR count). The van der Waals surface area contributed by atoms with Crippen molar-refractivity contribution >= 4 is 87.1 Å². The molecule has 414 valence electrons. The van der Waals surface area contributed by atoms with Gasteiger partial charge in [-0.2, -0.15) is 0 Å². The number of nitrogens with one attached hydrogen (secondary N) is 7. The second kappa shape index (κ2) is 33.8. The number of hydrogen-bond donors (Lipinski definition) is 13. The highest BCUT2D eigenvalue weighted by atomic mass is 33.1. The van der Waals surface area contributed by atoms with Gasteiger partial charge in [-0.25, -0.2) is 0 Å². The zero-order chi connectivity index (χ0) is 56.2. The van der Waals surface area contributed by atoms with Gasteiger partial charge in [0.25, 0.3) is 0 Å². The summed E-state index contributed by atoms with van der Waals surface area (Å²) in [6, 6.07) is 6.11. The number of aliphatic hydroxyl groups is 1. The summed E-state index contributed by atoms with van der Waals surface area (Å²) in [4.78, 5) is 138. The van der Waals surface area contributed by atoms with Gasteiger partial charge >= 0.3 is 0 Å². The molecule has 75 heavy (non-hydrogen) atoms. The average Bonchev–Trinajstić information content (AvgIpc) is 3.35. The number of primary amides is 3. The fourth-order valence-corrected chi connectivity index (χ4v) is 9.05. The molecule has 1 heterocycles. The van der Waals surface area contributed by atoms with Crippen molar-refractivity contribution < 1.29 is 63.0 Å². The number of carbonyl (C=O) groups is 11. The van der Waals surface area contributed by atoms with Crippen LogP contribution in [0.4, 0.5) is 0 Å². The fourth-order valence-electron chi connectivity index (χ4n) is 7.02. The molecule has 1 saturated heterocycles. The largest absolute Gasteiger partial charge is 0.508 e. The third-order valence-corrected chi connectivity index (χ3v) is 13.6. The second-order valence-corrected chi connectivity index (χ2v) is 20.7. The van der Waals surface area contributed by atoms with Crippen molar-refractivity contribution in [2.45, 2.75) is 116 Å². The molecule has 7 unspecified atom stereocenters. The summed E-state index contributed by atoms with van der Waals surface area (Å²) in [6.45, 7) is 6.94. The quantitative estimate of drug-likeness (QED) is 0.0443. The van der Waals surface area contributed by atoms with Crippen molar-refractivity contribution in [3.63, 3.8) is 0 Å². The molecule has 7 atom stereocenters. The van der Waals surface area contributed by atoms with Crippen molar-refractivity contribution in [2.24, 2.45) is 34.8 Å². The van der Waals surface area contributed by atoms with E-state index in [1.54, 1.807) is 50.2 Å². The molecule has 1 fully saturated rings. The average molecular weight is 1090 g/mol. The summed E-state index contributed by atoms with van der Waals surface area (Å²) >= 11 is 0. The van der Waals surface area contributed by atoms with Gasteiger partial charge in [0.05, 0.1) is 32.2 Å². The molecule has 0 bridgehead atoms. The molecule has 0 saturated carbocycles. The molecule has 0 aliphatic carbocycles. The molecule has 0 aromatic heterocycles. The van der Waals surface area contributed by atoms with Crippen LogP contribution >= 0.6 is 21.6 Å². The van der Waals surface area contributed by atoms with Crippen molar-refractivity contribution in [2.75, 3.05) is 31.1 Å². The minimum Gasteiger partial charge on any atom is -0.508 e. The van der Waals surface area contributed by atoms with E-state index in [-0.39, 0.29) is 69.5 Å². The van der Waals surface area contributed by atoms with Gasteiger partial charge in [0.1, 0.15) is 36.0 Å². The lowest BCUT2D eigenvalue weighted by molar-refractivity contribution is -0.136. The molecule has 1 aliphatic heterocycles. The van der Waals surface area contributed by atoms with Gasteiger partial charge in [0.15, 0.2) is 0 Å². The van der Waals surface area contributed by atoms with Crippen LogP contribution in [0.25, 0.3) is 0 Å². The van der Waals surface area contributed by atoms with E-state index in [0.717, 1.165) is 5.56 Å². The number of amides is 11. The highest BCUT2D eigenvalue weighted by Crippen LogP contribution is 2.21. The van der Waals surface area contributed by atoms with Crippen molar-refractivity contribution in [1.82, 2.24) is 42.1 Å². The summed E-state index contributed by atoms with van der Waals surface area (Å²) < 4.78 is 0. The Labute approximate surface area is 443 Å². The molecule has 2 aromatic rings. The Morgan fingerprint density at radius 3 is 2.04 bits per heavy atom. The minimum absolute atomic E-state index is 0.00586. The lowest BCUT2D eigenvalue weighted by atomic mass is 9.96. The first-order chi connectivity index (χ1) is 35.5. The van der Waals surface area contributed by atoms with Crippen LogP contribution in [0.5, 0.6) is 5.75 Å². The van der Waals surface area contributed by atoms with Crippen LogP contribution in [-0.2, 0) is 72.3 Å². The third-order valence-electron chi connectivity index (χ3n) is 11.2. The number of phenols is 1. The Morgan fingerprint density at radius 1 is 0.800 bits per heavy atom. The predicted molar refractivity (Wildman–Crippen MR) is 280 cm³/mol. The zero-order valence-electron chi connectivity index (χ0n) is 42.5. The van der Waals surface area contributed by atoms with E-state index in [4.69, 9.17) is 22.9 Å². The first-order valence-corrected chi connectivity index (χ1v) is 26.5. The van der Waals surface area contributed by atoms with E-state index in [9.17, 15) is 63.0 Å². The lowest BCUT2D eigenvalue weighted by Crippen LogP contribution is -2.60. The van der Waals surface area contributed by atoms with Gasteiger partial charge < -0.3 is 75.3 Å². The Balaban J connectivity index is 0.000000585. The summed E-state index contributed by atoms with van der Waals surface area (Å²) in [5, 5.41) is 36.8. The zero-order valence-corrected chi connectivity index (χ0v) is 44.1. The molecule has 17 N–H and O–H groups in total. The number of phenolic OH excluding ortho intramolecular Hbond substituents is 1.